The molecule has 0 atom stereocenters. The molecule has 3 rings (SSSR count). The van der Waals surface area contributed by atoms with Crippen LogP contribution in [0, 0.1) is 12.7 Å². The Kier molecular flexibility index (Phi) is 3.79. The lowest BCUT2D eigenvalue weighted by Gasteiger charge is -2.26. The van der Waals surface area contributed by atoms with Crippen molar-refractivity contribution in [2.75, 3.05) is 4.90 Å². The molecule has 23 heavy (non-hydrogen) atoms. The average molecular weight is 330 g/mol. The summed E-state index contributed by atoms with van der Waals surface area (Å²) in [7, 11) is 0. The van der Waals surface area contributed by atoms with Crippen LogP contribution in [-0.4, -0.2) is 17.8 Å². The van der Waals surface area contributed by atoms with Gasteiger partial charge in [0.25, 0.3) is 11.8 Å². The molecule has 1 aromatic carbocycles. The van der Waals surface area contributed by atoms with Crippen molar-refractivity contribution < 1.29 is 18.8 Å². The molecule has 1 aliphatic rings. The highest BCUT2D eigenvalue weighted by molar-refractivity contribution is 7.12. The van der Waals surface area contributed by atoms with Crippen LogP contribution in [0.3, 0.4) is 0 Å². The molecule has 1 saturated heterocycles. The highest BCUT2D eigenvalue weighted by Crippen LogP contribution is 2.25. The third-order valence-corrected chi connectivity index (χ3v) is 4.19. The number of carbonyl (C=O) groups excluding carboxylic acids is 3. The zero-order valence-electron chi connectivity index (χ0n) is 12.0. The largest absolute Gasteiger partial charge is 0.336 e. The van der Waals surface area contributed by atoms with E-state index in [2.05, 4.69) is 5.32 Å². The second-order valence-electron chi connectivity index (χ2n) is 4.86. The summed E-state index contributed by atoms with van der Waals surface area (Å²) in [4.78, 5) is 38.8. The van der Waals surface area contributed by atoms with Crippen molar-refractivity contribution in [2.24, 2.45) is 0 Å². The predicted molar refractivity (Wildman–Crippen MR) is 84.5 cm³/mol. The van der Waals surface area contributed by atoms with Gasteiger partial charge in [-0.1, -0.05) is 12.1 Å². The number of hydrogen-bond donors (Lipinski definition) is 1. The molecule has 2 heterocycles. The molecule has 1 N–H and O–H groups in total. The van der Waals surface area contributed by atoms with Gasteiger partial charge in [0.2, 0.25) is 0 Å². The number of thiophene rings is 1. The quantitative estimate of drug-likeness (QED) is 0.680. The van der Waals surface area contributed by atoms with E-state index in [1.54, 1.807) is 6.07 Å². The fraction of sp³-hybridized carbons (Fsp3) is 0.0625. The van der Waals surface area contributed by atoms with E-state index in [9.17, 15) is 18.8 Å². The summed E-state index contributed by atoms with van der Waals surface area (Å²) in [6.07, 6.45) is 1.40. The lowest BCUT2D eigenvalue weighted by atomic mass is 10.1. The van der Waals surface area contributed by atoms with E-state index in [4.69, 9.17) is 0 Å². The third kappa shape index (κ3) is 2.78. The summed E-state index contributed by atoms with van der Waals surface area (Å²) in [5.74, 6) is -2.37. The number of para-hydroxylation sites is 1. The Morgan fingerprint density at radius 2 is 1.87 bits per heavy atom. The lowest BCUT2D eigenvalue weighted by molar-refractivity contribution is -0.122. The maximum absolute atomic E-state index is 13.9. The molecule has 0 unspecified atom stereocenters. The second-order valence-corrected chi connectivity index (χ2v) is 6.18. The van der Waals surface area contributed by atoms with Gasteiger partial charge in [0, 0.05) is 9.75 Å². The molecule has 0 bridgehead atoms. The number of nitrogens with one attached hydrogen (secondary N) is 1. The normalized spacial score (nSPS) is 16.9. The Morgan fingerprint density at radius 1 is 1.13 bits per heavy atom. The van der Waals surface area contributed by atoms with Crippen molar-refractivity contribution in [2.45, 2.75) is 6.92 Å². The number of rotatable bonds is 2. The van der Waals surface area contributed by atoms with Crippen molar-refractivity contribution in [3.63, 3.8) is 0 Å². The van der Waals surface area contributed by atoms with E-state index in [1.165, 1.54) is 35.6 Å². The average Bonchev–Trinajstić information content (AvgIpc) is 2.91. The van der Waals surface area contributed by atoms with Crippen LogP contribution in [0.15, 0.2) is 42.0 Å². The SMILES string of the molecule is Cc1ccc(/C=C2\C(=O)NC(=O)N(c3ccccc3F)C2=O)s1. The lowest BCUT2D eigenvalue weighted by Crippen LogP contribution is -2.54. The van der Waals surface area contributed by atoms with Crippen molar-refractivity contribution in [3.05, 3.63) is 57.5 Å². The van der Waals surface area contributed by atoms with Crippen LogP contribution in [0.4, 0.5) is 14.9 Å². The van der Waals surface area contributed by atoms with Crippen molar-refractivity contribution >= 4 is 40.9 Å². The molecular weight excluding hydrogens is 319 g/mol. The first kappa shape index (κ1) is 15.1. The monoisotopic (exact) mass is 330 g/mol. The van der Waals surface area contributed by atoms with Crippen LogP contribution in [-0.2, 0) is 9.59 Å². The van der Waals surface area contributed by atoms with Gasteiger partial charge in [-0.15, -0.1) is 11.3 Å². The van der Waals surface area contributed by atoms with E-state index >= 15 is 0 Å². The summed E-state index contributed by atoms with van der Waals surface area (Å²) in [5, 5.41) is 2.06. The van der Waals surface area contributed by atoms with Crippen molar-refractivity contribution in [3.8, 4) is 0 Å². The number of urea groups is 1. The number of barbiturate groups is 1. The maximum atomic E-state index is 13.9. The van der Waals surface area contributed by atoms with E-state index < -0.39 is 23.7 Å². The summed E-state index contributed by atoms with van der Waals surface area (Å²) < 4.78 is 13.9. The Bertz CT molecular complexity index is 857. The number of hydrogen-bond acceptors (Lipinski definition) is 4. The van der Waals surface area contributed by atoms with Gasteiger partial charge in [-0.25, -0.2) is 14.1 Å². The molecular formula is C16H11FN2O3S. The minimum absolute atomic E-state index is 0.198. The molecule has 1 aromatic heterocycles. The number of benzene rings is 1. The number of halogens is 1. The minimum atomic E-state index is -0.968. The highest BCUT2D eigenvalue weighted by atomic mass is 32.1. The van der Waals surface area contributed by atoms with E-state index in [0.717, 1.165) is 10.9 Å². The van der Waals surface area contributed by atoms with Crippen molar-refractivity contribution in [1.82, 2.24) is 5.32 Å². The number of aryl methyl sites for hydroxylation is 1. The highest BCUT2D eigenvalue weighted by Gasteiger charge is 2.37. The van der Waals surface area contributed by atoms with Gasteiger partial charge in [-0.3, -0.25) is 14.9 Å². The van der Waals surface area contributed by atoms with Crippen molar-refractivity contribution in [1.29, 1.82) is 0 Å². The molecule has 0 radical (unpaired) electrons. The second kappa shape index (κ2) is 5.77. The van der Waals surface area contributed by atoms with E-state index in [1.807, 2.05) is 13.0 Å². The molecule has 5 nitrogen and oxygen atoms in total. The molecule has 1 aliphatic heterocycles. The maximum Gasteiger partial charge on any atom is 0.336 e. The third-order valence-electron chi connectivity index (χ3n) is 3.24. The number of nitrogens with zero attached hydrogens (tertiary/aromatic N) is 1. The Labute approximate surface area is 135 Å². The number of anilines is 1. The van der Waals surface area contributed by atoms with Gasteiger partial charge in [0.15, 0.2) is 0 Å². The Balaban J connectivity index is 2.04. The first-order valence-electron chi connectivity index (χ1n) is 6.70. The molecule has 116 valence electrons. The van der Waals surface area contributed by atoms with Gasteiger partial charge in [0.1, 0.15) is 11.4 Å². The summed E-state index contributed by atoms with van der Waals surface area (Å²) in [6.45, 7) is 1.89. The smallest absolute Gasteiger partial charge is 0.273 e. The molecule has 0 saturated carbocycles. The van der Waals surface area contributed by atoms with E-state index in [0.29, 0.717) is 9.78 Å². The van der Waals surface area contributed by atoms with Crippen LogP contribution in [0.1, 0.15) is 9.75 Å². The summed E-state index contributed by atoms with van der Waals surface area (Å²) >= 11 is 1.40. The van der Waals surface area contributed by atoms with Gasteiger partial charge in [-0.2, -0.15) is 0 Å². The Morgan fingerprint density at radius 3 is 2.52 bits per heavy atom. The Hall–Kier alpha value is -2.80. The van der Waals surface area contributed by atoms with Crippen LogP contribution in [0.25, 0.3) is 6.08 Å². The fourth-order valence-corrected chi connectivity index (χ4v) is 3.00. The van der Waals surface area contributed by atoms with Gasteiger partial charge in [0.05, 0.1) is 5.69 Å². The zero-order chi connectivity index (χ0) is 16.6. The number of carbonyl (C=O) groups is 3. The summed E-state index contributed by atoms with van der Waals surface area (Å²) in [6, 6.07) is 8.03. The van der Waals surface area contributed by atoms with Crippen LogP contribution < -0.4 is 10.2 Å². The zero-order valence-corrected chi connectivity index (χ0v) is 12.8. The first-order valence-corrected chi connectivity index (χ1v) is 7.51. The van der Waals surface area contributed by atoms with Gasteiger partial charge < -0.3 is 0 Å². The standard InChI is InChI=1S/C16H11FN2O3S/c1-9-6-7-10(23-9)8-11-14(20)18-16(22)19(15(11)21)13-5-3-2-4-12(13)17/h2-8H,1H3,(H,18,20,22)/b11-8+. The molecule has 0 spiro atoms. The van der Waals surface area contributed by atoms with Gasteiger partial charge >= 0.3 is 6.03 Å². The molecule has 1 fully saturated rings. The number of imide groups is 2. The molecule has 7 heteroatoms. The summed E-state index contributed by atoms with van der Waals surface area (Å²) in [5.41, 5.74) is -0.412. The minimum Gasteiger partial charge on any atom is -0.273 e. The predicted octanol–water partition coefficient (Wildman–Crippen LogP) is 2.86. The molecule has 2 aromatic rings. The first-order chi connectivity index (χ1) is 11.0. The van der Waals surface area contributed by atoms with Gasteiger partial charge in [-0.05, 0) is 37.3 Å². The van der Waals surface area contributed by atoms with E-state index in [-0.39, 0.29) is 11.3 Å². The molecule has 0 aliphatic carbocycles. The topological polar surface area (TPSA) is 66.5 Å². The van der Waals surface area contributed by atoms with Crippen LogP contribution in [0.5, 0.6) is 0 Å². The molecule has 4 amide bonds. The fourth-order valence-electron chi connectivity index (χ4n) is 2.18. The number of amides is 4. The van der Waals surface area contributed by atoms with Crippen LogP contribution >= 0.6 is 11.3 Å². The van der Waals surface area contributed by atoms with Crippen LogP contribution in [0.2, 0.25) is 0 Å².